The van der Waals surface area contributed by atoms with E-state index in [9.17, 15) is 14.4 Å². The Bertz CT molecular complexity index is 584. The van der Waals surface area contributed by atoms with E-state index in [0.29, 0.717) is 23.8 Å². The number of ether oxygens (including phenoxy) is 1. The van der Waals surface area contributed by atoms with Gasteiger partial charge in [0, 0.05) is 11.3 Å². The number of carboxylic acids is 1. The molecular formula is C18H26N2O5. The first kappa shape index (κ1) is 20.6. The molecule has 138 valence electrons. The Balaban J connectivity index is 2.38. The first-order valence-corrected chi connectivity index (χ1v) is 8.29. The summed E-state index contributed by atoms with van der Waals surface area (Å²) < 4.78 is 5.60. The van der Waals surface area contributed by atoms with Crippen molar-refractivity contribution in [3.63, 3.8) is 0 Å². The fourth-order valence-corrected chi connectivity index (χ4v) is 2.27. The molecule has 1 atom stereocenters. The third-order valence-electron chi connectivity index (χ3n) is 3.37. The maximum Gasteiger partial charge on any atom is 0.322 e. The zero-order chi connectivity index (χ0) is 18.8. The van der Waals surface area contributed by atoms with Crippen LogP contribution in [0.3, 0.4) is 0 Å². The number of hydrogen-bond acceptors (Lipinski definition) is 4. The predicted octanol–water partition coefficient (Wildman–Crippen LogP) is 2.28. The average Bonchev–Trinajstić information content (AvgIpc) is 2.52. The number of hydrogen-bond donors (Lipinski definition) is 3. The average molecular weight is 350 g/mol. The molecule has 0 spiro atoms. The monoisotopic (exact) mass is 350 g/mol. The second-order valence-corrected chi connectivity index (χ2v) is 6.26. The summed E-state index contributed by atoms with van der Waals surface area (Å²) in [6, 6.07) is 6.23. The van der Waals surface area contributed by atoms with Gasteiger partial charge in [0.1, 0.15) is 6.54 Å². The fourth-order valence-electron chi connectivity index (χ4n) is 2.27. The molecule has 0 heterocycles. The fraction of sp³-hybridized carbons (Fsp3) is 0.500. The summed E-state index contributed by atoms with van der Waals surface area (Å²) in [6.07, 6.45) is 1.33. The first-order chi connectivity index (χ1) is 11.8. The van der Waals surface area contributed by atoms with Gasteiger partial charge in [-0.1, -0.05) is 13.8 Å². The number of carbonyl (C=O) groups is 3. The molecule has 0 aliphatic carbocycles. The standard InChI is InChI=1S/C18H26N2O5/c1-12(2)10-13(3)25-9-8-16(21)20-15-6-4-14(5-7-15)18(24)19-11-17(22)23/h4-7,12-13H,8-11H2,1-3H3,(H,19,24)(H,20,21)(H,22,23). The van der Waals surface area contributed by atoms with Crippen molar-refractivity contribution >= 4 is 23.5 Å². The third-order valence-corrected chi connectivity index (χ3v) is 3.37. The highest BCUT2D eigenvalue weighted by atomic mass is 16.5. The highest BCUT2D eigenvalue weighted by molar-refractivity contribution is 5.97. The van der Waals surface area contributed by atoms with E-state index in [1.54, 1.807) is 12.1 Å². The molecule has 0 fully saturated rings. The second-order valence-electron chi connectivity index (χ2n) is 6.26. The van der Waals surface area contributed by atoms with Gasteiger partial charge in [0.2, 0.25) is 5.91 Å². The predicted molar refractivity (Wildman–Crippen MR) is 94.5 cm³/mol. The van der Waals surface area contributed by atoms with Crippen LogP contribution in [0, 0.1) is 5.92 Å². The molecule has 0 aliphatic heterocycles. The smallest absolute Gasteiger partial charge is 0.322 e. The maximum atomic E-state index is 11.9. The Labute approximate surface area is 147 Å². The van der Waals surface area contributed by atoms with Gasteiger partial charge in [-0.05, 0) is 43.5 Å². The number of benzene rings is 1. The van der Waals surface area contributed by atoms with Crippen LogP contribution in [0.5, 0.6) is 0 Å². The van der Waals surface area contributed by atoms with Gasteiger partial charge in [-0.25, -0.2) is 0 Å². The van der Waals surface area contributed by atoms with Crippen LogP contribution < -0.4 is 10.6 Å². The summed E-state index contributed by atoms with van der Waals surface area (Å²) in [4.78, 5) is 34.0. The van der Waals surface area contributed by atoms with Crippen molar-refractivity contribution in [1.29, 1.82) is 0 Å². The Morgan fingerprint density at radius 1 is 1.12 bits per heavy atom. The van der Waals surface area contributed by atoms with Gasteiger partial charge >= 0.3 is 5.97 Å². The van der Waals surface area contributed by atoms with Crippen molar-refractivity contribution < 1.29 is 24.2 Å². The lowest BCUT2D eigenvalue weighted by Gasteiger charge is -2.15. The van der Waals surface area contributed by atoms with Gasteiger partial charge in [-0.15, -0.1) is 0 Å². The molecule has 0 aliphatic rings. The van der Waals surface area contributed by atoms with Crippen molar-refractivity contribution in [3.8, 4) is 0 Å². The lowest BCUT2D eigenvalue weighted by atomic mass is 10.1. The van der Waals surface area contributed by atoms with Crippen LogP contribution in [0.15, 0.2) is 24.3 Å². The molecule has 7 heteroatoms. The summed E-state index contributed by atoms with van der Waals surface area (Å²) in [5.74, 6) is -1.20. The van der Waals surface area contributed by atoms with E-state index in [1.807, 2.05) is 6.92 Å². The minimum absolute atomic E-state index is 0.122. The van der Waals surface area contributed by atoms with Gasteiger partial charge in [-0.3, -0.25) is 14.4 Å². The first-order valence-electron chi connectivity index (χ1n) is 8.29. The third kappa shape index (κ3) is 8.85. The molecule has 25 heavy (non-hydrogen) atoms. The maximum absolute atomic E-state index is 11.9. The normalized spacial score (nSPS) is 11.8. The van der Waals surface area contributed by atoms with E-state index < -0.39 is 18.4 Å². The van der Waals surface area contributed by atoms with Crippen molar-refractivity contribution in [2.75, 3.05) is 18.5 Å². The Kier molecular flexibility index (Phi) is 8.63. The quantitative estimate of drug-likeness (QED) is 0.600. The van der Waals surface area contributed by atoms with E-state index in [-0.39, 0.29) is 18.4 Å². The number of rotatable bonds is 10. The molecule has 0 saturated heterocycles. The summed E-state index contributed by atoms with van der Waals surface area (Å²) >= 11 is 0. The number of aliphatic carboxylic acids is 1. The minimum Gasteiger partial charge on any atom is -0.480 e. The molecule has 7 nitrogen and oxygen atoms in total. The van der Waals surface area contributed by atoms with Crippen LogP contribution >= 0.6 is 0 Å². The van der Waals surface area contributed by atoms with E-state index in [2.05, 4.69) is 24.5 Å². The van der Waals surface area contributed by atoms with E-state index in [1.165, 1.54) is 12.1 Å². The topological polar surface area (TPSA) is 105 Å². The van der Waals surface area contributed by atoms with E-state index in [4.69, 9.17) is 9.84 Å². The summed E-state index contributed by atoms with van der Waals surface area (Å²) in [5.41, 5.74) is 0.889. The minimum atomic E-state index is -1.11. The lowest BCUT2D eigenvalue weighted by molar-refractivity contribution is -0.135. The SMILES string of the molecule is CC(C)CC(C)OCCC(=O)Nc1ccc(C(=O)NCC(=O)O)cc1. The molecule has 0 saturated carbocycles. The summed E-state index contributed by atoms with van der Waals surface area (Å²) in [5, 5.41) is 13.5. The van der Waals surface area contributed by atoms with Crippen LogP contribution in [-0.2, 0) is 14.3 Å². The molecule has 0 radical (unpaired) electrons. The molecule has 1 aromatic rings. The van der Waals surface area contributed by atoms with Gasteiger partial charge < -0.3 is 20.5 Å². The zero-order valence-corrected chi connectivity index (χ0v) is 14.9. The molecular weight excluding hydrogens is 324 g/mol. The largest absolute Gasteiger partial charge is 0.480 e. The highest BCUT2D eigenvalue weighted by Gasteiger charge is 2.09. The summed E-state index contributed by atoms with van der Waals surface area (Å²) in [6.45, 7) is 6.16. The highest BCUT2D eigenvalue weighted by Crippen LogP contribution is 2.11. The number of carboxylic acid groups (broad SMARTS) is 1. The molecule has 2 amide bonds. The van der Waals surface area contributed by atoms with Crippen LogP contribution in [-0.4, -0.2) is 42.1 Å². The van der Waals surface area contributed by atoms with Crippen LogP contribution in [0.2, 0.25) is 0 Å². The van der Waals surface area contributed by atoms with Gasteiger partial charge in [0.25, 0.3) is 5.91 Å². The number of amides is 2. The second kappa shape index (κ2) is 10.5. The van der Waals surface area contributed by atoms with Crippen molar-refractivity contribution in [1.82, 2.24) is 5.32 Å². The van der Waals surface area contributed by atoms with Gasteiger partial charge in [-0.2, -0.15) is 0 Å². The van der Waals surface area contributed by atoms with Crippen molar-refractivity contribution in [2.45, 2.75) is 39.7 Å². The van der Waals surface area contributed by atoms with Gasteiger partial charge in [0.15, 0.2) is 0 Å². The van der Waals surface area contributed by atoms with Gasteiger partial charge in [0.05, 0.1) is 19.1 Å². The Hall–Kier alpha value is -2.41. The number of anilines is 1. The van der Waals surface area contributed by atoms with E-state index >= 15 is 0 Å². The molecule has 1 unspecified atom stereocenters. The van der Waals surface area contributed by atoms with Crippen LogP contribution in [0.4, 0.5) is 5.69 Å². The molecule has 1 aromatic carbocycles. The number of nitrogens with one attached hydrogen (secondary N) is 2. The lowest BCUT2D eigenvalue weighted by Crippen LogP contribution is -2.29. The molecule has 0 aromatic heterocycles. The summed E-state index contributed by atoms with van der Waals surface area (Å²) in [7, 11) is 0. The van der Waals surface area contributed by atoms with Crippen molar-refractivity contribution in [2.24, 2.45) is 5.92 Å². The van der Waals surface area contributed by atoms with E-state index in [0.717, 1.165) is 6.42 Å². The Morgan fingerprint density at radius 3 is 2.32 bits per heavy atom. The van der Waals surface area contributed by atoms with Crippen LogP contribution in [0.1, 0.15) is 44.0 Å². The van der Waals surface area contributed by atoms with Crippen molar-refractivity contribution in [3.05, 3.63) is 29.8 Å². The molecule has 3 N–H and O–H groups in total. The zero-order valence-electron chi connectivity index (χ0n) is 14.9. The van der Waals surface area contributed by atoms with Crippen LogP contribution in [0.25, 0.3) is 0 Å². The molecule has 1 rings (SSSR count). The molecule has 0 bridgehead atoms. The Morgan fingerprint density at radius 2 is 1.76 bits per heavy atom. The number of carbonyl (C=O) groups excluding carboxylic acids is 2.